The third kappa shape index (κ3) is 3.52. The summed E-state index contributed by atoms with van der Waals surface area (Å²) >= 11 is 0. The molecular formula is C24H21N3O3. The number of aromatic nitrogens is 2. The van der Waals surface area contributed by atoms with Crippen LogP contribution in [0.1, 0.15) is 23.9 Å². The molecule has 30 heavy (non-hydrogen) atoms. The second-order valence-electron chi connectivity index (χ2n) is 7.69. The number of aryl methyl sites for hydroxylation is 1. The van der Waals surface area contributed by atoms with Gasteiger partial charge in [0.15, 0.2) is 5.76 Å². The molecule has 150 valence electrons. The molecule has 1 aliphatic heterocycles. The second-order valence-corrected chi connectivity index (χ2v) is 7.69. The van der Waals surface area contributed by atoms with Crippen LogP contribution < -0.4 is 10.1 Å². The van der Waals surface area contributed by atoms with E-state index in [-0.39, 0.29) is 18.4 Å². The minimum Gasteiger partial charge on any atom is -0.490 e. The standard InChI is InChI=1S/C24H21N3O3/c1-14-9-21(19-5-3-4-6-20(19)25-14)26-24(28)13-18-12-23(30-27-18)16-7-8-22-17(11-16)10-15(2)29-22/h3-9,11-12,15H,10,13H2,1-2H3,(H,25,26,28). The molecule has 0 saturated carbocycles. The van der Waals surface area contributed by atoms with Crippen molar-refractivity contribution in [2.45, 2.75) is 32.8 Å². The van der Waals surface area contributed by atoms with Gasteiger partial charge in [0.25, 0.3) is 0 Å². The van der Waals surface area contributed by atoms with Gasteiger partial charge in [-0.1, -0.05) is 23.4 Å². The Hall–Kier alpha value is -3.67. The van der Waals surface area contributed by atoms with E-state index in [0.717, 1.165) is 45.6 Å². The number of nitrogens with zero attached hydrogens (tertiary/aromatic N) is 2. The van der Waals surface area contributed by atoms with Crippen LogP contribution in [-0.2, 0) is 17.6 Å². The summed E-state index contributed by atoms with van der Waals surface area (Å²) in [7, 11) is 0. The van der Waals surface area contributed by atoms with E-state index in [1.165, 1.54) is 0 Å². The Morgan fingerprint density at radius 1 is 1.17 bits per heavy atom. The number of ether oxygens (including phenoxy) is 1. The summed E-state index contributed by atoms with van der Waals surface area (Å²) in [5.41, 5.74) is 5.13. The van der Waals surface area contributed by atoms with Crippen molar-refractivity contribution < 1.29 is 14.1 Å². The number of fused-ring (bicyclic) bond motifs is 2. The maximum Gasteiger partial charge on any atom is 0.230 e. The lowest BCUT2D eigenvalue weighted by atomic mass is 10.1. The molecule has 0 fully saturated rings. The molecule has 0 aliphatic carbocycles. The van der Waals surface area contributed by atoms with Crippen molar-refractivity contribution in [3.05, 3.63) is 71.5 Å². The number of hydrogen-bond donors (Lipinski definition) is 1. The Kier molecular flexibility index (Phi) is 4.47. The summed E-state index contributed by atoms with van der Waals surface area (Å²) < 4.78 is 11.2. The van der Waals surface area contributed by atoms with E-state index < -0.39 is 0 Å². The van der Waals surface area contributed by atoms with Gasteiger partial charge in [-0.25, -0.2) is 0 Å². The Morgan fingerprint density at radius 2 is 2.03 bits per heavy atom. The Labute approximate surface area is 173 Å². The van der Waals surface area contributed by atoms with Gasteiger partial charge in [-0.3, -0.25) is 9.78 Å². The van der Waals surface area contributed by atoms with E-state index in [1.807, 2.05) is 55.5 Å². The summed E-state index contributed by atoms with van der Waals surface area (Å²) in [6, 6.07) is 17.4. The highest BCUT2D eigenvalue weighted by molar-refractivity contribution is 6.01. The fraction of sp³-hybridized carbons (Fsp3) is 0.208. The average Bonchev–Trinajstić information content (AvgIpc) is 3.32. The molecule has 0 spiro atoms. The largest absolute Gasteiger partial charge is 0.490 e. The molecule has 1 atom stereocenters. The summed E-state index contributed by atoms with van der Waals surface area (Å²) in [6.07, 6.45) is 1.20. The average molecular weight is 399 g/mol. The zero-order chi connectivity index (χ0) is 20.7. The van der Waals surface area contributed by atoms with Gasteiger partial charge in [0.1, 0.15) is 11.9 Å². The molecule has 2 aromatic carbocycles. The monoisotopic (exact) mass is 399 g/mol. The quantitative estimate of drug-likeness (QED) is 0.538. The predicted octanol–water partition coefficient (Wildman–Crippen LogP) is 4.70. The molecule has 2 aromatic heterocycles. The molecule has 3 heterocycles. The lowest BCUT2D eigenvalue weighted by Gasteiger charge is -2.09. The smallest absolute Gasteiger partial charge is 0.230 e. The van der Waals surface area contributed by atoms with Crippen LogP contribution in [0, 0.1) is 6.92 Å². The lowest BCUT2D eigenvalue weighted by Crippen LogP contribution is -2.15. The van der Waals surface area contributed by atoms with Crippen molar-refractivity contribution >= 4 is 22.5 Å². The first-order chi connectivity index (χ1) is 14.5. The highest BCUT2D eigenvalue weighted by Gasteiger charge is 2.20. The van der Waals surface area contributed by atoms with E-state index in [1.54, 1.807) is 0 Å². The van der Waals surface area contributed by atoms with Crippen LogP contribution in [0.15, 0.2) is 59.1 Å². The van der Waals surface area contributed by atoms with Crippen LogP contribution >= 0.6 is 0 Å². The van der Waals surface area contributed by atoms with Gasteiger partial charge in [0, 0.05) is 29.1 Å². The van der Waals surface area contributed by atoms with E-state index in [2.05, 4.69) is 28.4 Å². The molecular weight excluding hydrogens is 378 g/mol. The number of anilines is 1. The zero-order valence-corrected chi connectivity index (χ0v) is 16.8. The maximum atomic E-state index is 12.6. The molecule has 1 N–H and O–H groups in total. The molecule has 5 rings (SSSR count). The Morgan fingerprint density at radius 3 is 2.93 bits per heavy atom. The predicted molar refractivity (Wildman–Crippen MR) is 115 cm³/mol. The molecule has 1 amide bonds. The van der Waals surface area contributed by atoms with Gasteiger partial charge in [-0.05, 0) is 49.7 Å². The topological polar surface area (TPSA) is 77.2 Å². The Balaban J connectivity index is 1.33. The van der Waals surface area contributed by atoms with E-state index in [4.69, 9.17) is 9.26 Å². The van der Waals surface area contributed by atoms with Crippen molar-refractivity contribution in [2.24, 2.45) is 0 Å². The summed E-state index contributed by atoms with van der Waals surface area (Å²) in [5.74, 6) is 1.41. The SMILES string of the molecule is Cc1cc(NC(=O)Cc2cc(-c3ccc4c(c3)CC(C)O4)on2)c2ccccc2n1. The minimum absolute atomic E-state index is 0.129. The molecule has 0 bridgehead atoms. The number of benzene rings is 2. The first kappa shape index (κ1) is 18.4. The minimum atomic E-state index is -0.151. The molecule has 1 unspecified atom stereocenters. The van der Waals surface area contributed by atoms with Crippen molar-refractivity contribution in [1.82, 2.24) is 10.1 Å². The highest BCUT2D eigenvalue weighted by atomic mass is 16.5. The third-order valence-corrected chi connectivity index (χ3v) is 5.20. The first-order valence-electron chi connectivity index (χ1n) is 9.97. The molecule has 1 aliphatic rings. The fourth-order valence-corrected chi connectivity index (χ4v) is 3.88. The van der Waals surface area contributed by atoms with Crippen LogP contribution in [0.25, 0.3) is 22.2 Å². The van der Waals surface area contributed by atoms with Crippen LogP contribution in [-0.4, -0.2) is 22.2 Å². The van der Waals surface area contributed by atoms with Crippen LogP contribution in [0.5, 0.6) is 5.75 Å². The highest BCUT2D eigenvalue weighted by Crippen LogP contribution is 2.33. The molecule has 6 heteroatoms. The van der Waals surface area contributed by atoms with Gasteiger partial charge in [-0.2, -0.15) is 0 Å². The molecule has 4 aromatic rings. The first-order valence-corrected chi connectivity index (χ1v) is 9.97. The van der Waals surface area contributed by atoms with Gasteiger partial charge in [0.2, 0.25) is 5.91 Å². The molecule has 0 saturated heterocycles. The van der Waals surface area contributed by atoms with Gasteiger partial charge in [0.05, 0.1) is 23.3 Å². The zero-order valence-electron chi connectivity index (χ0n) is 16.8. The van der Waals surface area contributed by atoms with Gasteiger partial charge < -0.3 is 14.6 Å². The van der Waals surface area contributed by atoms with Crippen molar-refractivity contribution in [2.75, 3.05) is 5.32 Å². The van der Waals surface area contributed by atoms with Crippen molar-refractivity contribution in [1.29, 1.82) is 0 Å². The number of amides is 1. The Bertz CT molecular complexity index is 1260. The van der Waals surface area contributed by atoms with E-state index in [9.17, 15) is 4.79 Å². The summed E-state index contributed by atoms with van der Waals surface area (Å²) in [5, 5.41) is 7.98. The van der Waals surface area contributed by atoms with Crippen molar-refractivity contribution in [3.63, 3.8) is 0 Å². The number of pyridine rings is 1. The molecule has 6 nitrogen and oxygen atoms in total. The third-order valence-electron chi connectivity index (χ3n) is 5.20. The normalized spacial score (nSPS) is 15.1. The van der Waals surface area contributed by atoms with Crippen LogP contribution in [0.2, 0.25) is 0 Å². The number of rotatable bonds is 4. The van der Waals surface area contributed by atoms with Crippen LogP contribution in [0.4, 0.5) is 5.69 Å². The number of para-hydroxylation sites is 1. The maximum absolute atomic E-state index is 12.6. The lowest BCUT2D eigenvalue weighted by molar-refractivity contribution is -0.115. The molecule has 0 radical (unpaired) electrons. The number of nitrogens with one attached hydrogen (secondary N) is 1. The summed E-state index contributed by atoms with van der Waals surface area (Å²) in [6.45, 7) is 3.97. The number of hydrogen-bond acceptors (Lipinski definition) is 5. The number of carbonyl (C=O) groups excluding carboxylic acids is 1. The summed E-state index contributed by atoms with van der Waals surface area (Å²) in [4.78, 5) is 17.1. The second kappa shape index (κ2) is 7.30. The van der Waals surface area contributed by atoms with E-state index in [0.29, 0.717) is 11.5 Å². The van der Waals surface area contributed by atoms with Gasteiger partial charge >= 0.3 is 0 Å². The van der Waals surface area contributed by atoms with Crippen LogP contribution in [0.3, 0.4) is 0 Å². The van der Waals surface area contributed by atoms with E-state index >= 15 is 0 Å². The number of carbonyl (C=O) groups is 1. The van der Waals surface area contributed by atoms with Crippen molar-refractivity contribution in [3.8, 4) is 17.1 Å². The van der Waals surface area contributed by atoms with Gasteiger partial charge in [-0.15, -0.1) is 0 Å². The fourth-order valence-electron chi connectivity index (χ4n) is 3.88.